The molecule has 15 nitrogen and oxygen atoms in total. The fourth-order valence-electron chi connectivity index (χ4n) is 3.70. The van der Waals surface area contributed by atoms with Crippen molar-refractivity contribution in [2.24, 2.45) is 0 Å². The largest absolute Gasteiger partial charge is 0.379 e. The van der Waals surface area contributed by atoms with Gasteiger partial charge >= 0.3 is 0 Å². The van der Waals surface area contributed by atoms with E-state index in [2.05, 4.69) is 26.3 Å². The van der Waals surface area contributed by atoms with Crippen molar-refractivity contribution in [3.63, 3.8) is 0 Å². The zero-order chi connectivity index (χ0) is 34.0. The number of halogens is 1. The number of Topliss-reactive ketones (excluding diaryl/α,β-unsaturated/α-hetero) is 2. The zero-order valence-corrected chi connectivity index (χ0v) is 26.5. The third-order valence-corrected chi connectivity index (χ3v) is 6.33. The lowest BCUT2D eigenvalue weighted by molar-refractivity contribution is -0.130. The predicted octanol–water partition coefficient (Wildman–Crippen LogP) is -0.137. The molecule has 1 aromatic heterocycles. The lowest BCUT2D eigenvalue weighted by Crippen LogP contribution is -2.42. The lowest BCUT2D eigenvalue weighted by Gasteiger charge is -2.17. The first-order valence-electron chi connectivity index (χ1n) is 15.1. The van der Waals surface area contributed by atoms with Gasteiger partial charge in [-0.25, -0.2) is 4.98 Å². The van der Waals surface area contributed by atoms with Gasteiger partial charge in [-0.2, -0.15) is 4.39 Å². The number of carbonyl (C=O) groups is 6. The Morgan fingerprint density at radius 1 is 0.696 bits per heavy atom. The van der Waals surface area contributed by atoms with Crippen LogP contribution in [0.15, 0.2) is 18.3 Å². The Labute approximate surface area is 268 Å². The maximum absolute atomic E-state index is 12.8. The van der Waals surface area contributed by atoms with Gasteiger partial charge in [0.25, 0.3) is 5.91 Å². The number of amides is 4. The fourth-order valence-corrected chi connectivity index (χ4v) is 3.70. The summed E-state index contributed by atoms with van der Waals surface area (Å²) in [5.74, 6) is -2.59. The summed E-state index contributed by atoms with van der Waals surface area (Å²) in [6.07, 6.45) is 1.19. The number of nitrogens with one attached hydrogen (secondary N) is 4. The maximum atomic E-state index is 12.8. The van der Waals surface area contributed by atoms with Crippen LogP contribution in [0.2, 0.25) is 0 Å². The summed E-state index contributed by atoms with van der Waals surface area (Å²) in [5, 5.41) is 10.1. The third kappa shape index (κ3) is 20.2. The molecule has 4 amide bonds. The fraction of sp³-hybridized carbons (Fsp3) is 0.633. The second-order valence-corrected chi connectivity index (χ2v) is 9.84. The number of carbonyl (C=O) groups excluding carboxylic acids is 6. The van der Waals surface area contributed by atoms with E-state index in [1.165, 1.54) is 20.2 Å². The Balaban J connectivity index is 2.11. The second kappa shape index (κ2) is 25.3. The van der Waals surface area contributed by atoms with Gasteiger partial charge < -0.3 is 40.2 Å². The van der Waals surface area contributed by atoms with E-state index in [4.69, 9.17) is 18.9 Å². The molecule has 1 aromatic rings. The van der Waals surface area contributed by atoms with E-state index in [0.29, 0.717) is 26.4 Å². The topological polar surface area (TPSA) is 200 Å². The second-order valence-electron chi connectivity index (χ2n) is 9.84. The Bertz CT molecular complexity index is 1090. The highest BCUT2D eigenvalue weighted by atomic mass is 18.2. The minimum Gasteiger partial charge on any atom is -0.379 e. The van der Waals surface area contributed by atoms with Crippen LogP contribution in [0.3, 0.4) is 0 Å². The highest BCUT2D eigenvalue weighted by Crippen LogP contribution is 2.08. The van der Waals surface area contributed by atoms with Crippen molar-refractivity contribution >= 4 is 35.2 Å². The monoisotopic (exact) mass is 654 g/mol. The Hall–Kier alpha value is -3.86. The Kier molecular flexibility index (Phi) is 22.1. The van der Waals surface area contributed by atoms with Gasteiger partial charge in [-0.05, 0) is 18.6 Å². The van der Waals surface area contributed by atoms with Crippen molar-refractivity contribution in [2.45, 2.75) is 51.0 Å². The van der Waals surface area contributed by atoms with Crippen LogP contribution in [0.1, 0.15) is 55.3 Å². The molecule has 0 bridgehead atoms. The number of ether oxygens (including phenoxy) is 4. The smallest absolute Gasteiger partial charge is 0.252 e. The van der Waals surface area contributed by atoms with Gasteiger partial charge in [-0.1, -0.05) is 0 Å². The quantitative estimate of drug-likeness (QED) is 0.0727. The summed E-state index contributed by atoms with van der Waals surface area (Å²) >= 11 is 0. The van der Waals surface area contributed by atoms with Gasteiger partial charge in [0.05, 0.1) is 64.5 Å². The van der Waals surface area contributed by atoms with Crippen LogP contribution in [0.25, 0.3) is 0 Å². The van der Waals surface area contributed by atoms with Gasteiger partial charge in [0.15, 0.2) is 5.78 Å². The van der Waals surface area contributed by atoms with Crippen LogP contribution in [-0.4, -0.2) is 120 Å². The molecule has 4 N–H and O–H groups in total. The van der Waals surface area contributed by atoms with E-state index in [1.54, 1.807) is 0 Å². The summed E-state index contributed by atoms with van der Waals surface area (Å²) in [6.45, 7) is 2.50. The molecule has 0 aliphatic rings. The van der Waals surface area contributed by atoms with Gasteiger partial charge in [0, 0.05) is 65.4 Å². The normalized spacial score (nSPS) is 11.4. The van der Waals surface area contributed by atoms with E-state index in [1.807, 2.05) is 0 Å². The van der Waals surface area contributed by atoms with Gasteiger partial charge in [0.2, 0.25) is 23.7 Å². The summed E-state index contributed by atoms with van der Waals surface area (Å²) in [5.41, 5.74) is 0.257. The molecule has 0 saturated carbocycles. The molecule has 0 aromatic carbocycles. The number of rotatable bonds is 27. The molecule has 0 aliphatic heterocycles. The summed E-state index contributed by atoms with van der Waals surface area (Å²) in [4.78, 5) is 75.4. The maximum Gasteiger partial charge on any atom is 0.252 e. The highest BCUT2D eigenvalue weighted by molar-refractivity contribution is 5.94. The van der Waals surface area contributed by atoms with Crippen molar-refractivity contribution in [1.29, 1.82) is 0 Å². The Morgan fingerprint density at radius 2 is 1.26 bits per heavy atom. The molecule has 1 atom stereocenters. The average molecular weight is 655 g/mol. The van der Waals surface area contributed by atoms with E-state index in [0.717, 1.165) is 12.3 Å². The zero-order valence-electron chi connectivity index (χ0n) is 26.5. The van der Waals surface area contributed by atoms with Gasteiger partial charge in [-0.15, -0.1) is 0 Å². The molecular formula is C30H46FN5O10. The SMILES string of the molecule is CNC(=O)CCC(=O)CC[C@H](NC(=O)CCOCCOCCOCCOCCNC(=O)c1ccc([18F])nc1)C(=O)CCC(=O)NC. The van der Waals surface area contributed by atoms with E-state index in [-0.39, 0.29) is 113 Å². The Morgan fingerprint density at radius 3 is 1.83 bits per heavy atom. The molecule has 1 rings (SSSR count). The van der Waals surface area contributed by atoms with Crippen molar-refractivity contribution in [1.82, 2.24) is 26.3 Å². The predicted molar refractivity (Wildman–Crippen MR) is 162 cm³/mol. The van der Waals surface area contributed by atoms with Crippen LogP contribution < -0.4 is 21.3 Å². The van der Waals surface area contributed by atoms with Gasteiger partial charge in [0.1, 0.15) is 5.78 Å². The molecule has 0 spiro atoms. The number of aromatic nitrogens is 1. The van der Waals surface area contributed by atoms with E-state index < -0.39 is 17.9 Å². The molecule has 16 heteroatoms. The molecule has 0 fully saturated rings. The first-order chi connectivity index (χ1) is 22.2. The van der Waals surface area contributed by atoms with Crippen molar-refractivity contribution in [2.75, 3.05) is 73.5 Å². The van der Waals surface area contributed by atoms with Crippen molar-refractivity contribution in [3.05, 3.63) is 29.8 Å². The number of nitrogens with zero attached hydrogens (tertiary/aromatic N) is 1. The summed E-state index contributed by atoms with van der Waals surface area (Å²) in [6, 6.07) is 1.52. The molecule has 0 unspecified atom stereocenters. The average Bonchev–Trinajstić information content (AvgIpc) is 3.05. The van der Waals surface area contributed by atoms with E-state index in [9.17, 15) is 33.2 Å². The number of hydrogen-bond acceptors (Lipinski definition) is 11. The van der Waals surface area contributed by atoms with Crippen LogP contribution in [0.5, 0.6) is 0 Å². The van der Waals surface area contributed by atoms with Crippen LogP contribution in [0.4, 0.5) is 4.39 Å². The highest BCUT2D eigenvalue weighted by Gasteiger charge is 2.22. The minimum absolute atomic E-state index is 0.0101. The molecule has 0 radical (unpaired) electrons. The van der Waals surface area contributed by atoms with Crippen LogP contribution in [-0.2, 0) is 42.9 Å². The lowest BCUT2D eigenvalue weighted by atomic mass is 9.99. The molecular weight excluding hydrogens is 608 g/mol. The standard InChI is InChI=1S/C30H46FN5O10/c1-32-27(39)9-5-23(37)4-6-24(25(38)7-10-28(40)33-2)36-29(41)11-13-43-15-17-45-19-20-46-18-16-44-14-12-34-30(42)22-3-8-26(31)35-21-22/h3,8,21,24H,4-7,9-20H2,1-2H3,(H,32,39)(H,33,40)(H,34,42)(H,36,41)/t24-/m0/s1/i31-1. The molecule has 258 valence electrons. The van der Waals surface area contributed by atoms with Crippen LogP contribution in [0, 0.1) is 5.95 Å². The minimum atomic E-state index is -0.929. The van der Waals surface area contributed by atoms with Crippen LogP contribution >= 0.6 is 0 Å². The molecule has 0 saturated heterocycles. The summed E-state index contributed by atoms with van der Waals surface area (Å²) in [7, 11) is 2.93. The molecule has 1 heterocycles. The van der Waals surface area contributed by atoms with Crippen molar-refractivity contribution < 1.29 is 52.1 Å². The molecule has 0 aliphatic carbocycles. The molecule has 46 heavy (non-hydrogen) atoms. The number of hydrogen-bond donors (Lipinski definition) is 4. The number of pyridine rings is 1. The number of ketones is 2. The first-order valence-corrected chi connectivity index (χ1v) is 15.1. The third-order valence-electron chi connectivity index (χ3n) is 6.33. The summed E-state index contributed by atoms with van der Waals surface area (Å²) < 4.78 is 34.4. The van der Waals surface area contributed by atoms with Crippen molar-refractivity contribution in [3.8, 4) is 0 Å². The first kappa shape index (κ1) is 40.2. The van der Waals surface area contributed by atoms with E-state index >= 15 is 0 Å². The van der Waals surface area contributed by atoms with Gasteiger partial charge in [-0.3, -0.25) is 28.8 Å².